The molecule has 0 aromatic heterocycles. The van der Waals surface area contributed by atoms with Crippen LogP contribution in [0.1, 0.15) is 12.8 Å². The zero-order chi connectivity index (χ0) is 9.90. The third-order valence-corrected chi connectivity index (χ3v) is 1.77. The molecule has 0 radical (unpaired) electrons. The molecule has 0 bridgehead atoms. The molecule has 0 nitrogen and oxygen atoms in total. The number of rotatable bonds is 0. The minimum absolute atomic E-state index is 1.11. The van der Waals surface area contributed by atoms with E-state index in [0.717, 1.165) is 12.8 Å². The highest BCUT2D eigenvalue weighted by Gasteiger charge is 1.74. The Morgan fingerprint density at radius 3 is 1.00 bits per heavy atom. The molecular weight excluding hydrogens is 168 g/mol. The van der Waals surface area contributed by atoms with Gasteiger partial charge in [-0.15, -0.1) is 0 Å². The molecule has 14 heavy (non-hydrogen) atoms. The van der Waals surface area contributed by atoms with Crippen molar-refractivity contribution in [3.05, 3.63) is 72.9 Å². The van der Waals surface area contributed by atoms with E-state index in [0.29, 0.717) is 0 Å². The van der Waals surface area contributed by atoms with E-state index in [1.54, 1.807) is 0 Å². The lowest BCUT2D eigenvalue weighted by molar-refractivity contribution is 1.05. The van der Waals surface area contributed by atoms with E-state index in [4.69, 9.17) is 0 Å². The standard InChI is InChI=1S/C14H16/c1-2-4-6-8-10-12-14-13-11-9-7-5-3-1/h1-12H,13-14H2/b3-1-,4-2+,7-5+,8-6-,11-9+,12-10?. The van der Waals surface area contributed by atoms with E-state index in [9.17, 15) is 0 Å². The van der Waals surface area contributed by atoms with Gasteiger partial charge in [-0.3, -0.25) is 0 Å². The summed E-state index contributed by atoms with van der Waals surface area (Å²) in [5, 5.41) is 0. The SMILES string of the molecule is C1=CCC/C=C/C=C/C=C\C=C\C=C/1. The predicted octanol–water partition coefficient (Wildman–Crippen LogP) is 4.12. The van der Waals surface area contributed by atoms with Crippen molar-refractivity contribution in [2.45, 2.75) is 12.8 Å². The van der Waals surface area contributed by atoms with E-state index in [1.807, 2.05) is 36.5 Å². The van der Waals surface area contributed by atoms with Gasteiger partial charge in [-0.05, 0) is 12.8 Å². The fourth-order valence-electron chi connectivity index (χ4n) is 1.06. The van der Waals surface area contributed by atoms with Gasteiger partial charge in [0.1, 0.15) is 0 Å². The summed E-state index contributed by atoms with van der Waals surface area (Å²) in [5.74, 6) is 0. The summed E-state index contributed by atoms with van der Waals surface area (Å²) in [6, 6.07) is 0. The Hall–Kier alpha value is -1.56. The summed E-state index contributed by atoms with van der Waals surface area (Å²) < 4.78 is 0. The third-order valence-electron chi connectivity index (χ3n) is 1.77. The van der Waals surface area contributed by atoms with Gasteiger partial charge >= 0.3 is 0 Å². The molecule has 0 heterocycles. The fraction of sp³-hybridized carbons (Fsp3) is 0.143. The van der Waals surface area contributed by atoms with Crippen LogP contribution in [0.2, 0.25) is 0 Å². The fourth-order valence-corrected chi connectivity index (χ4v) is 1.06. The molecule has 0 unspecified atom stereocenters. The van der Waals surface area contributed by atoms with Crippen LogP contribution in [-0.2, 0) is 0 Å². The topological polar surface area (TPSA) is 0 Å². The summed E-state index contributed by atoms with van der Waals surface area (Å²) >= 11 is 0. The van der Waals surface area contributed by atoms with Crippen LogP contribution in [-0.4, -0.2) is 0 Å². The Bertz CT molecular complexity index is 264. The predicted molar refractivity (Wildman–Crippen MR) is 64.1 cm³/mol. The van der Waals surface area contributed by atoms with Crippen molar-refractivity contribution in [2.75, 3.05) is 0 Å². The van der Waals surface area contributed by atoms with Crippen molar-refractivity contribution in [1.29, 1.82) is 0 Å². The Balaban J connectivity index is 2.56. The van der Waals surface area contributed by atoms with Gasteiger partial charge in [0.2, 0.25) is 0 Å². The Morgan fingerprint density at radius 1 is 0.357 bits per heavy atom. The highest BCUT2D eigenvalue weighted by molar-refractivity contribution is 5.19. The van der Waals surface area contributed by atoms with Gasteiger partial charge in [-0.1, -0.05) is 72.9 Å². The molecule has 0 N–H and O–H groups in total. The Kier molecular flexibility index (Phi) is 6.05. The van der Waals surface area contributed by atoms with Gasteiger partial charge in [0.25, 0.3) is 0 Å². The van der Waals surface area contributed by atoms with Crippen LogP contribution in [0.3, 0.4) is 0 Å². The number of hydrogen-bond acceptors (Lipinski definition) is 0. The van der Waals surface area contributed by atoms with Crippen molar-refractivity contribution < 1.29 is 0 Å². The van der Waals surface area contributed by atoms with Crippen molar-refractivity contribution in [3.63, 3.8) is 0 Å². The van der Waals surface area contributed by atoms with E-state index in [1.165, 1.54) is 0 Å². The maximum absolute atomic E-state index is 2.18. The van der Waals surface area contributed by atoms with Gasteiger partial charge in [-0.25, -0.2) is 0 Å². The zero-order valence-electron chi connectivity index (χ0n) is 8.34. The molecule has 0 aromatic carbocycles. The third kappa shape index (κ3) is 6.01. The van der Waals surface area contributed by atoms with Crippen LogP contribution in [0.25, 0.3) is 0 Å². The number of allylic oxidation sites excluding steroid dienone is 12. The molecule has 0 heteroatoms. The van der Waals surface area contributed by atoms with Crippen LogP contribution >= 0.6 is 0 Å². The molecule has 1 rings (SSSR count). The summed E-state index contributed by atoms with van der Waals surface area (Å²) in [5.41, 5.74) is 0. The lowest BCUT2D eigenvalue weighted by atomic mass is 10.2. The van der Waals surface area contributed by atoms with Crippen LogP contribution in [0.15, 0.2) is 72.9 Å². The second kappa shape index (κ2) is 8.06. The summed E-state index contributed by atoms with van der Waals surface area (Å²) in [6.07, 6.45) is 27.0. The van der Waals surface area contributed by atoms with Crippen molar-refractivity contribution in [2.24, 2.45) is 0 Å². The van der Waals surface area contributed by atoms with Gasteiger partial charge < -0.3 is 0 Å². The highest BCUT2D eigenvalue weighted by atomic mass is 13.8. The summed E-state index contributed by atoms with van der Waals surface area (Å²) in [6.45, 7) is 0. The largest absolute Gasteiger partial charge is 0.0842 e. The average molecular weight is 184 g/mol. The first-order chi connectivity index (χ1) is 7.00. The van der Waals surface area contributed by atoms with Gasteiger partial charge in [0.05, 0.1) is 0 Å². The molecule has 1 aliphatic rings. The first kappa shape index (κ1) is 10.5. The summed E-state index contributed by atoms with van der Waals surface area (Å²) in [4.78, 5) is 0. The molecule has 0 amide bonds. The normalized spacial score (nSPS) is 28.6. The highest BCUT2D eigenvalue weighted by Crippen LogP contribution is 1.94. The lowest BCUT2D eigenvalue weighted by Crippen LogP contribution is -1.63. The van der Waals surface area contributed by atoms with Crippen LogP contribution in [0.5, 0.6) is 0 Å². The summed E-state index contributed by atoms with van der Waals surface area (Å²) in [7, 11) is 0. The molecule has 0 saturated carbocycles. The lowest BCUT2D eigenvalue weighted by Gasteiger charge is -1.84. The minimum atomic E-state index is 1.11. The van der Waals surface area contributed by atoms with E-state index in [2.05, 4.69) is 36.5 Å². The maximum atomic E-state index is 2.18. The minimum Gasteiger partial charge on any atom is -0.0842 e. The second-order valence-corrected chi connectivity index (χ2v) is 2.97. The molecule has 72 valence electrons. The average Bonchev–Trinajstić information content (AvgIpc) is 2.22. The molecule has 0 atom stereocenters. The molecule has 0 saturated heterocycles. The van der Waals surface area contributed by atoms with Crippen molar-refractivity contribution in [3.8, 4) is 0 Å². The van der Waals surface area contributed by atoms with Crippen molar-refractivity contribution >= 4 is 0 Å². The molecular formula is C14H16. The second-order valence-electron chi connectivity index (χ2n) is 2.97. The maximum Gasteiger partial charge on any atom is -0.0313 e. The van der Waals surface area contributed by atoms with Crippen LogP contribution in [0, 0.1) is 0 Å². The van der Waals surface area contributed by atoms with Gasteiger partial charge in [0, 0.05) is 0 Å². The number of hydrogen-bond donors (Lipinski definition) is 0. The molecule has 0 fully saturated rings. The first-order valence-electron chi connectivity index (χ1n) is 4.98. The van der Waals surface area contributed by atoms with Crippen LogP contribution < -0.4 is 0 Å². The van der Waals surface area contributed by atoms with Gasteiger partial charge in [-0.2, -0.15) is 0 Å². The molecule has 1 aliphatic carbocycles. The quantitative estimate of drug-likeness (QED) is 0.531. The van der Waals surface area contributed by atoms with Gasteiger partial charge in [0.15, 0.2) is 0 Å². The van der Waals surface area contributed by atoms with E-state index >= 15 is 0 Å². The zero-order valence-corrected chi connectivity index (χ0v) is 8.34. The monoisotopic (exact) mass is 184 g/mol. The Labute approximate surface area is 86.3 Å². The molecule has 0 aromatic rings. The molecule has 0 spiro atoms. The van der Waals surface area contributed by atoms with E-state index < -0.39 is 0 Å². The Morgan fingerprint density at radius 2 is 0.643 bits per heavy atom. The van der Waals surface area contributed by atoms with Crippen LogP contribution in [0.4, 0.5) is 0 Å². The molecule has 0 aliphatic heterocycles. The first-order valence-corrected chi connectivity index (χ1v) is 4.98. The van der Waals surface area contributed by atoms with E-state index in [-0.39, 0.29) is 0 Å². The smallest absolute Gasteiger partial charge is 0.0313 e. The van der Waals surface area contributed by atoms with Crippen molar-refractivity contribution in [1.82, 2.24) is 0 Å².